The fourth-order valence-corrected chi connectivity index (χ4v) is 2.86. The maximum atomic E-state index is 13.6. The average Bonchev–Trinajstić information content (AvgIpc) is 2.74. The second-order valence-electron chi connectivity index (χ2n) is 6.36. The molecule has 1 heterocycles. The first-order valence-corrected chi connectivity index (χ1v) is 9.30. The van der Waals surface area contributed by atoms with E-state index in [-0.39, 0.29) is 17.4 Å². The molecule has 0 fully saturated rings. The van der Waals surface area contributed by atoms with Crippen LogP contribution in [0.25, 0.3) is 0 Å². The topological polar surface area (TPSA) is 58.1 Å². The Morgan fingerprint density at radius 3 is 2.46 bits per heavy atom. The molecule has 0 aliphatic heterocycles. The van der Waals surface area contributed by atoms with E-state index in [1.54, 1.807) is 24.4 Å². The third-order valence-corrected chi connectivity index (χ3v) is 4.43. The van der Waals surface area contributed by atoms with Gasteiger partial charge in [0.05, 0.1) is 12.4 Å². The summed E-state index contributed by atoms with van der Waals surface area (Å²) in [5.74, 6) is 0.134. The highest BCUT2D eigenvalue weighted by atomic mass is 19.1. The molecule has 1 aromatic heterocycles. The van der Waals surface area contributed by atoms with Crippen molar-refractivity contribution in [2.45, 2.75) is 19.9 Å². The van der Waals surface area contributed by atoms with Crippen LogP contribution in [0.2, 0.25) is 0 Å². The van der Waals surface area contributed by atoms with E-state index in [2.05, 4.69) is 32.3 Å². The minimum absolute atomic E-state index is 0.244. The summed E-state index contributed by atoms with van der Waals surface area (Å²) in [5, 5.41) is 2.76. The van der Waals surface area contributed by atoms with Crippen LogP contribution in [0.1, 0.15) is 28.5 Å². The van der Waals surface area contributed by atoms with Crippen molar-refractivity contribution in [2.24, 2.45) is 0 Å². The summed E-state index contributed by atoms with van der Waals surface area (Å²) in [5.41, 5.74) is 2.00. The largest absolute Gasteiger partial charge is 0.351 e. The van der Waals surface area contributed by atoms with Crippen LogP contribution in [-0.2, 0) is 13.0 Å². The summed E-state index contributed by atoms with van der Waals surface area (Å²) in [6, 6.07) is 16.7. The fraction of sp³-hybridized carbons (Fsp3) is 0.227. The Kier molecular flexibility index (Phi) is 6.68. The van der Waals surface area contributed by atoms with Gasteiger partial charge in [0.2, 0.25) is 0 Å². The zero-order valence-electron chi connectivity index (χ0n) is 15.8. The molecule has 2 aromatic carbocycles. The van der Waals surface area contributed by atoms with Gasteiger partial charge < -0.3 is 10.2 Å². The van der Waals surface area contributed by atoms with Gasteiger partial charge in [0.15, 0.2) is 0 Å². The van der Waals surface area contributed by atoms with Crippen LogP contribution >= 0.6 is 0 Å². The number of nitrogens with zero attached hydrogens (tertiary/aromatic N) is 3. The molecule has 0 bridgehead atoms. The Morgan fingerprint density at radius 2 is 1.79 bits per heavy atom. The van der Waals surface area contributed by atoms with Gasteiger partial charge in [0.25, 0.3) is 5.91 Å². The third kappa shape index (κ3) is 5.13. The number of carbonyl (C=O) groups excluding carboxylic acids is 1. The average molecular weight is 378 g/mol. The smallest absolute Gasteiger partial charge is 0.271 e. The SMILES string of the molecule is CCN(Cc1ccccc1)c1cnc(C(=O)NCCc2ccccc2F)cn1. The Morgan fingerprint density at radius 1 is 1.04 bits per heavy atom. The fourth-order valence-electron chi connectivity index (χ4n) is 2.86. The van der Waals surface area contributed by atoms with Crippen LogP contribution < -0.4 is 10.2 Å². The van der Waals surface area contributed by atoms with E-state index in [1.807, 2.05) is 25.1 Å². The van der Waals surface area contributed by atoms with Crippen molar-refractivity contribution in [2.75, 3.05) is 18.0 Å². The highest BCUT2D eigenvalue weighted by Crippen LogP contribution is 2.13. The zero-order chi connectivity index (χ0) is 19.8. The minimum atomic E-state index is -0.318. The van der Waals surface area contributed by atoms with Gasteiger partial charge in [0.1, 0.15) is 17.3 Å². The van der Waals surface area contributed by atoms with E-state index in [0.29, 0.717) is 24.3 Å². The molecule has 0 aliphatic rings. The number of aromatic nitrogens is 2. The first-order valence-electron chi connectivity index (χ1n) is 9.30. The number of rotatable bonds is 8. The van der Waals surface area contributed by atoms with Gasteiger partial charge in [-0.25, -0.2) is 14.4 Å². The summed E-state index contributed by atoms with van der Waals surface area (Å²) in [4.78, 5) is 23.0. The van der Waals surface area contributed by atoms with Crippen LogP contribution in [0.15, 0.2) is 67.0 Å². The van der Waals surface area contributed by atoms with Crippen molar-refractivity contribution in [3.63, 3.8) is 0 Å². The molecule has 3 rings (SSSR count). The van der Waals surface area contributed by atoms with E-state index in [1.165, 1.54) is 17.8 Å². The van der Waals surface area contributed by atoms with Gasteiger partial charge in [-0.2, -0.15) is 0 Å². The van der Waals surface area contributed by atoms with Crippen molar-refractivity contribution in [1.82, 2.24) is 15.3 Å². The lowest BCUT2D eigenvalue weighted by Crippen LogP contribution is -2.28. The predicted molar refractivity (Wildman–Crippen MR) is 108 cm³/mol. The molecular weight excluding hydrogens is 355 g/mol. The number of halogens is 1. The van der Waals surface area contributed by atoms with E-state index >= 15 is 0 Å². The summed E-state index contributed by atoms with van der Waals surface area (Å²) >= 11 is 0. The maximum Gasteiger partial charge on any atom is 0.271 e. The Bertz CT molecular complexity index is 900. The molecule has 0 spiro atoms. The Balaban J connectivity index is 1.56. The first kappa shape index (κ1) is 19.5. The van der Waals surface area contributed by atoms with E-state index in [0.717, 1.165) is 13.1 Å². The molecule has 0 unspecified atom stereocenters. The van der Waals surface area contributed by atoms with Gasteiger partial charge in [-0.05, 0) is 30.5 Å². The molecule has 1 N–H and O–H groups in total. The third-order valence-electron chi connectivity index (χ3n) is 4.43. The van der Waals surface area contributed by atoms with Gasteiger partial charge in [-0.1, -0.05) is 48.5 Å². The molecule has 1 amide bonds. The van der Waals surface area contributed by atoms with Gasteiger partial charge in [0, 0.05) is 19.6 Å². The standard InChI is InChI=1S/C22H23FN4O/c1-2-27(16-17-8-4-3-5-9-17)21-15-25-20(14-26-21)22(28)24-13-12-18-10-6-7-11-19(18)23/h3-11,14-15H,2,12-13,16H2,1H3,(H,24,28). The molecule has 6 heteroatoms. The number of anilines is 1. The van der Waals surface area contributed by atoms with Gasteiger partial charge in [-0.15, -0.1) is 0 Å². The monoisotopic (exact) mass is 378 g/mol. The lowest BCUT2D eigenvalue weighted by molar-refractivity contribution is 0.0948. The predicted octanol–water partition coefficient (Wildman–Crippen LogP) is 3.61. The highest BCUT2D eigenvalue weighted by Gasteiger charge is 2.11. The number of carbonyl (C=O) groups is 1. The molecule has 0 aliphatic carbocycles. The summed E-state index contributed by atoms with van der Waals surface area (Å²) in [7, 11) is 0. The highest BCUT2D eigenvalue weighted by molar-refractivity contribution is 5.92. The molecule has 5 nitrogen and oxygen atoms in total. The molecule has 28 heavy (non-hydrogen) atoms. The molecule has 0 saturated carbocycles. The van der Waals surface area contributed by atoms with Crippen molar-refractivity contribution < 1.29 is 9.18 Å². The number of benzene rings is 2. The molecule has 3 aromatic rings. The number of hydrogen-bond acceptors (Lipinski definition) is 4. The number of hydrogen-bond donors (Lipinski definition) is 1. The zero-order valence-corrected chi connectivity index (χ0v) is 15.8. The minimum Gasteiger partial charge on any atom is -0.351 e. The van der Waals surface area contributed by atoms with Crippen molar-refractivity contribution in [1.29, 1.82) is 0 Å². The van der Waals surface area contributed by atoms with Crippen molar-refractivity contribution in [3.8, 4) is 0 Å². The second kappa shape index (κ2) is 9.60. The summed E-state index contributed by atoms with van der Waals surface area (Å²) in [6.45, 7) is 3.88. The number of amides is 1. The first-order chi connectivity index (χ1) is 13.7. The van der Waals surface area contributed by atoms with E-state index in [9.17, 15) is 9.18 Å². The second-order valence-corrected chi connectivity index (χ2v) is 6.36. The summed E-state index contributed by atoms with van der Waals surface area (Å²) in [6.07, 6.45) is 3.50. The summed E-state index contributed by atoms with van der Waals surface area (Å²) < 4.78 is 13.6. The molecule has 144 valence electrons. The van der Waals surface area contributed by atoms with Gasteiger partial charge in [-0.3, -0.25) is 4.79 Å². The van der Waals surface area contributed by atoms with Crippen LogP contribution in [-0.4, -0.2) is 29.0 Å². The normalized spacial score (nSPS) is 10.5. The van der Waals surface area contributed by atoms with Crippen molar-refractivity contribution >= 4 is 11.7 Å². The molecule has 0 radical (unpaired) electrons. The molecular formula is C22H23FN4O. The molecule has 0 saturated heterocycles. The Hall–Kier alpha value is -3.28. The lowest BCUT2D eigenvalue weighted by Gasteiger charge is -2.21. The van der Waals surface area contributed by atoms with Crippen molar-refractivity contribution in [3.05, 3.63) is 89.6 Å². The van der Waals surface area contributed by atoms with Crippen LogP contribution in [0.4, 0.5) is 10.2 Å². The maximum absolute atomic E-state index is 13.6. The Labute approximate surface area is 164 Å². The lowest BCUT2D eigenvalue weighted by atomic mass is 10.1. The quantitative estimate of drug-likeness (QED) is 0.651. The van der Waals surface area contributed by atoms with E-state index < -0.39 is 0 Å². The molecule has 0 atom stereocenters. The van der Waals surface area contributed by atoms with Crippen LogP contribution in [0.5, 0.6) is 0 Å². The van der Waals surface area contributed by atoms with Gasteiger partial charge >= 0.3 is 0 Å². The van der Waals surface area contributed by atoms with Crippen LogP contribution in [0.3, 0.4) is 0 Å². The number of nitrogens with one attached hydrogen (secondary N) is 1. The van der Waals surface area contributed by atoms with E-state index in [4.69, 9.17) is 0 Å². The van der Waals surface area contributed by atoms with Crippen LogP contribution in [0, 0.1) is 5.82 Å².